The molecule has 114 valence electrons. The largest absolute Gasteiger partial charge is 0.393 e. The van der Waals surface area contributed by atoms with Crippen molar-refractivity contribution in [2.45, 2.75) is 38.2 Å². The second-order valence-corrected chi connectivity index (χ2v) is 5.81. The summed E-state index contributed by atoms with van der Waals surface area (Å²) in [5.41, 5.74) is 6.46. The molecule has 1 aromatic carbocycles. The van der Waals surface area contributed by atoms with Crippen LogP contribution in [0.3, 0.4) is 0 Å². The molecular formula is C16H22N2O2S. The molecule has 0 bridgehead atoms. The third-order valence-electron chi connectivity index (χ3n) is 3.63. The summed E-state index contributed by atoms with van der Waals surface area (Å²) in [4.78, 5) is 14.8. The number of nitrogens with two attached hydrogens (primary N) is 1. The number of rotatable bonds is 6. The van der Waals surface area contributed by atoms with E-state index in [1.54, 1.807) is 4.90 Å². The Hall–Kier alpha value is -1.46. The zero-order valence-corrected chi connectivity index (χ0v) is 13.0. The van der Waals surface area contributed by atoms with Crippen LogP contribution >= 0.6 is 12.2 Å². The second kappa shape index (κ2) is 8.10. The molecule has 1 saturated heterocycles. The van der Waals surface area contributed by atoms with Gasteiger partial charge in [0.25, 0.3) is 0 Å². The van der Waals surface area contributed by atoms with Gasteiger partial charge in [0.1, 0.15) is 0 Å². The smallest absolute Gasteiger partial charge is 0.229 e. The van der Waals surface area contributed by atoms with Crippen LogP contribution in [0, 0.1) is 0 Å². The van der Waals surface area contributed by atoms with Gasteiger partial charge in [0.2, 0.25) is 5.91 Å². The minimum atomic E-state index is 0.0438. The summed E-state index contributed by atoms with van der Waals surface area (Å²) < 4.78 is 5.66. The summed E-state index contributed by atoms with van der Waals surface area (Å²) in [5, 5.41) is 0. The summed E-state index contributed by atoms with van der Waals surface area (Å²) in [6, 6.07) is 9.64. The van der Waals surface area contributed by atoms with Crippen LogP contribution in [0.4, 0.5) is 5.69 Å². The van der Waals surface area contributed by atoms with Crippen LogP contribution in [0.15, 0.2) is 30.3 Å². The van der Waals surface area contributed by atoms with E-state index in [1.165, 1.54) is 0 Å². The van der Waals surface area contributed by atoms with Gasteiger partial charge in [-0.3, -0.25) is 4.79 Å². The van der Waals surface area contributed by atoms with Gasteiger partial charge in [0.15, 0.2) is 0 Å². The van der Waals surface area contributed by atoms with Gasteiger partial charge in [-0.1, -0.05) is 30.4 Å². The molecule has 1 aliphatic rings. The second-order valence-electron chi connectivity index (χ2n) is 5.29. The lowest BCUT2D eigenvalue weighted by Crippen LogP contribution is -2.37. The number of ether oxygens (including phenoxy) is 1. The van der Waals surface area contributed by atoms with Crippen LogP contribution in [0.1, 0.15) is 32.1 Å². The highest BCUT2D eigenvalue weighted by Gasteiger charge is 2.22. The highest BCUT2D eigenvalue weighted by atomic mass is 32.1. The Labute approximate surface area is 131 Å². The van der Waals surface area contributed by atoms with E-state index in [-0.39, 0.29) is 12.0 Å². The van der Waals surface area contributed by atoms with Gasteiger partial charge in [-0.05, 0) is 31.4 Å². The molecule has 21 heavy (non-hydrogen) atoms. The quantitative estimate of drug-likeness (QED) is 0.821. The van der Waals surface area contributed by atoms with Gasteiger partial charge >= 0.3 is 0 Å². The van der Waals surface area contributed by atoms with E-state index in [1.807, 2.05) is 30.3 Å². The summed E-state index contributed by atoms with van der Waals surface area (Å²) in [5.74, 6) is 0.0735. The fraction of sp³-hybridized carbons (Fsp3) is 0.500. The van der Waals surface area contributed by atoms with Crippen LogP contribution in [0.2, 0.25) is 0 Å². The number of carbonyl (C=O) groups is 1. The molecule has 1 aromatic rings. The highest BCUT2D eigenvalue weighted by molar-refractivity contribution is 7.80. The Morgan fingerprint density at radius 3 is 2.71 bits per heavy atom. The van der Waals surface area contributed by atoms with Gasteiger partial charge < -0.3 is 15.4 Å². The molecule has 2 rings (SSSR count). The predicted molar refractivity (Wildman–Crippen MR) is 88.4 cm³/mol. The topological polar surface area (TPSA) is 55.6 Å². The number of amides is 1. The SMILES string of the molecule is NC(=S)CCN(C(=O)CC1CCCCO1)c1ccccc1. The van der Waals surface area contributed by atoms with Crippen LogP contribution in [-0.2, 0) is 9.53 Å². The number of para-hydroxylation sites is 1. The molecule has 2 N–H and O–H groups in total. The third kappa shape index (κ3) is 5.10. The van der Waals surface area contributed by atoms with Crippen molar-refractivity contribution < 1.29 is 9.53 Å². The first-order valence-corrected chi connectivity index (χ1v) is 7.83. The van der Waals surface area contributed by atoms with Crippen molar-refractivity contribution in [1.82, 2.24) is 0 Å². The van der Waals surface area contributed by atoms with Crippen molar-refractivity contribution in [1.29, 1.82) is 0 Å². The Bertz CT molecular complexity index is 472. The van der Waals surface area contributed by atoms with Gasteiger partial charge in [-0.15, -0.1) is 0 Å². The predicted octanol–water partition coefficient (Wildman–Crippen LogP) is 2.66. The number of anilines is 1. The van der Waals surface area contributed by atoms with Crippen molar-refractivity contribution in [2.75, 3.05) is 18.1 Å². The summed E-state index contributed by atoms with van der Waals surface area (Å²) >= 11 is 4.93. The van der Waals surface area contributed by atoms with Gasteiger partial charge in [0, 0.05) is 25.3 Å². The Balaban J connectivity index is 2.02. The first kappa shape index (κ1) is 15.9. The molecule has 0 saturated carbocycles. The number of benzene rings is 1. The van der Waals surface area contributed by atoms with Gasteiger partial charge in [-0.25, -0.2) is 0 Å². The molecule has 1 atom stereocenters. The third-order valence-corrected chi connectivity index (χ3v) is 3.83. The van der Waals surface area contributed by atoms with Crippen LogP contribution < -0.4 is 10.6 Å². The summed E-state index contributed by atoms with van der Waals surface area (Å²) in [7, 11) is 0. The minimum absolute atomic E-state index is 0.0438. The van der Waals surface area contributed by atoms with Crippen LogP contribution in [-0.4, -0.2) is 30.2 Å². The Kier molecular flexibility index (Phi) is 6.14. The van der Waals surface area contributed by atoms with Crippen molar-refractivity contribution in [3.8, 4) is 0 Å². The summed E-state index contributed by atoms with van der Waals surface area (Å²) in [6.07, 6.45) is 4.18. The number of thiocarbonyl (C=S) groups is 1. The van der Waals surface area contributed by atoms with E-state index < -0.39 is 0 Å². The zero-order valence-electron chi connectivity index (χ0n) is 12.2. The van der Waals surface area contributed by atoms with Crippen molar-refractivity contribution in [2.24, 2.45) is 5.73 Å². The first-order valence-electron chi connectivity index (χ1n) is 7.42. The van der Waals surface area contributed by atoms with Gasteiger partial charge in [-0.2, -0.15) is 0 Å². The molecule has 1 heterocycles. The Morgan fingerprint density at radius 2 is 2.10 bits per heavy atom. The maximum atomic E-state index is 12.6. The number of hydrogen-bond donors (Lipinski definition) is 1. The van der Waals surface area contributed by atoms with Crippen LogP contribution in [0.25, 0.3) is 0 Å². The van der Waals surface area contributed by atoms with Gasteiger partial charge in [0.05, 0.1) is 17.5 Å². The molecule has 0 aromatic heterocycles. The average molecular weight is 306 g/mol. The fourth-order valence-corrected chi connectivity index (χ4v) is 2.59. The monoisotopic (exact) mass is 306 g/mol. The highest BCUT2D eigenvalue weighted by Crippen LogP contribution is 2.20. The summed E-state index contributed by atoms with van der Waals surface area (Å²) in [6.45, 7) is 1.28. The van der Waals surface area contributed by atoms with E-state index in [0.29, 0.717) is 24.4 Å². The molecule has 5 heteroatoms. The molecule has 4 nitrogen and oxygen atoms in total. The lowest BCUT2D eigenvalue weighted by Gasteiger charge is -2.27. The van der Waals surface area contributed by atoms with Crippen molar-refractivity contribution in [3.63, 3.8) is 0 Å². The van der Waals surface area contributed by atoms with E-state index >= 15 is 0 Å². The maximum absolute atomic E-state index is 12.6. The maximum Gasteiger partial charge on any atom is 0.229 e. The lowest BCUT2D eigenvalue weighted by molar-refractivity contribution is -0.122. The molecule has 1 fully saturated rings. The zero-order chi connectivity index (χ0) is 15.1. The van der Waals surface area contributed by atoms with Crippen LogP contribution in [0.5, 0.6) is 0 Å². The van der Waals surface area contributed by atoms with Crippen molar-refractivity contribution >= 4 is 28.8 Å². The van der Waals surface area contributed by atoms with E-state index in [9.17, 15) is 4.79 Å². The standard InChI is InChI=1S/C16H22N2O2S/c17-15(21)9-10-18(13-6-2-1-3-7-13)16(19)12-14-8-4-5-11-20-14/h1-3,6-7,14H,4-5,8-12H2,(H2,17,21). The molecule has 1 aliphatic heterocycles. The number of hydrogen-bond acceptors (Lipinski definition) is 3. The Morgan fingerprint density at radius 1 is 1.33 bits per heavy atom. The molecule has 0 radical (unpaired) electrons. The van der Waals surface area contributed by atoms with E-state index in [4.69, 9.17) is 22.7 Å². The number of carbonyl (C=O) groups excluding carboxylic acids is 1. The lowest BCUT2D eigenvalue weighted by atomic mass is 10.1. The fourth-order valence-electron chi connectivity index (χ4n) is 2.50. The molecule has 1 amide bonds. The molecule has 1 unspecified atom stereocenters. The number of nitrogens with zero attached hydrogens (tertiary/aromatic N) is 1. The van der Waals surface area contributed by atoms with E-state index in [2.05, 4.69) is 0 Å². The molecule has 0 spiro atoms. The first-order chi connectivity index (χ1) is 10.2. The molecule has 0 aliphatic carbocycles. The normalized spacial score (nSPS) is 18.2. The van der Waals surface area contributed by atoms with E-state index in [0.717, 1.165) is 31.6 Å². The van der Waals surface area contributed by atoms with Crippen molar-refractivity contribution in [3.05, 3.63) is 30.3 Å². The minimum Gasteiger partial charge on any atom is -0.393 e. The molecular weight excluding hydrogens is 284 g/mol. The average Bonchev–Trinajstić information content (AvgIpc) is 2.49.